The molecule has 0 N–H and O–H groups in total. The van der Waals surface area contributed by atoms with Crippen LogP contribution in [0.3, 0.4) is 0 Å². The number of hydrogen-bond donors (Lipinski definition) is 0. The Morgan fingerprint density at radius 2 is 0.886 bits per heavy atom. The molecule has 0 heterocycles. The summed E-state index contributed by atoms with van der Waals surface area (Å²) in [6, 6.07) is 10.9. The summed E-state index contributed by atoms with van der Waals surface area (Å²) in [5, 5.41) is 0. The zero-order valence-corrected chi connectivity index (χ0v) is 26.4. The summed E-state index contributed by atoms with van der Waals surface area (Å²) < 4.78 is 30.9. The molecule has 0 saturated carbocycles. The van der Waals surface area contributed by atoms with Crippen LogP contribution in [0.5, 0.6) is 0 Å². The summed E-state index contributed by atoms with van der Waals surface area (Å²) in [5.41, 5.74) is 1.50. The van der Waals surface area contributed by atoms with E-state index in [0.29, 0.717) is 6.42 Å². The van der Waals surface area contributed by atoms with Crippen LogP contribution in [0.4, 0.5) is 0 Å². The third kappa shape index (κ3) is 32.1. The van der Waals surface area contributed by atoms with Gasteiger partial charge in [0.2, 0.25) is 0 Å². The maximum atomic E-state index is 10.3. The molecule has 0 aliphatic heterocycles. The van der Waals surface area contributed by atoms with Gasteiger partial charge in [-0.15, -0.1) is 0 Å². The Morgan fingerprint density at radius 3 is 1.26 bits per heavy atom. The van der Waals surface area contributed by atoms with Gasteiger partial charge < -0.3 is 4.55 Å². The third-order valence-electron chi connectivity index (χ3n) is 6.41. The molecule has 1 rings (SSSR count). The maximum Gasteiger partial charge on any atom is 1.00 e. The van der Waals surface area contributed by atoms with Gasteiger partial charge in [0, 0.05) is 5.75 Å². The monoisotopic (exact) mass is 518 g/mol. The molecule has 200 valence electrons. The van der Waals surface area contributed by atoms with Crippen LogP contribution >= 0.6 is 0 Å². The molecule has 0 atom stereocenters. The Labute approximate surface area is 241 Å². The first kappa shape index (κ1) is 37.3. The fraction of sp³-hybridized carbons (Fsp3) is 0.800. The topological polar surface area (TPSA) is 57.2 Å². The number of rotatable bonds is 22. The van der Waals surface area contributed by atoms with Crippen molar-refractivity contribution in [1.29, 1.82) is 0 Å². The summed E-state index contributed by atoms with van der Waals surface area (Å²) in [6.45, 7) is 4.50. The van der Waals surface area contributed by atoms with Crippen LogP contribution in [0, 0.1) is 0 Å². The number of hydrogen-bond acceptors (Lipinski definition) is 3. The van der Waals surface area contributed by atoms with Gasteiger partial charge in [-0.25, -0.2) is 8.42 Å². The summed E-state index contributed by atoms with van der Waals surface area (Å²) in [7, 11) is -3.98. The standard InChI is InChI=1S/C18H30.C12H26O3S.Na/c1-2-3-4-5-6-7-8-9-10-12-15-18-16-13-11-14-17-18;1-2-3-4-5-6-7-8-9-10-11-12-16(13,14)15;/h11,13-14,16-17H,2-10,12,15H2,1H3;2-12H2,1H3,(H,13,14,15);/q;;+1/p-1. The molecule has 35 heavy (non-hydrogen) atoms. The molecule has 0 fully saturated rings. The number of unbranched alkanes of at least 4 members (excludes halogenated alkanes) is 18. The van der Waals surface area contributed by atoms with Gasteiger partial charge in [-0.1, -0.05) is 160 Å². The van der Waals surface area contributed by atoms with Crippen LogP contribution in [0.2, 0.25) is 0 Å². The molecule has 3 nitrogen and oxygen atoms in total. The molecule has 1 aromatic carbocycles. The van der Waals surface area contributed by atoms with Gasteiger partial charge in [0.25, 0.3) is 0 Å². The summed E-state index contributed by atoms with van der Waals surface area (Å²) in [4.78, 5) is 0. The van der Waals surface area contributed by atoms with Gasteiger partial charge >= 0.3 is 29.6 Å². The van der Waals surface area contributed by atoms with Crippen molar-refractivity contribution in [1.82, 2.24) is 0 Å². The molecule has 5 heteroatoms. The van der Waals surface area contributed by atoms with Gasteiger partial charge in [0.1, 0.15) is 0 Å². The second-order valence-corrected chi connectivity index (χ2v) is 11.4. The molecule has 0 spiro atoms. The first-order chi connectivity index (χ1) is 16.5. The second-order valence-electron chi connectivity index (χ2n) is 9.86. The number of benzene rings is 1. The van der Waals surface area contributed by atoms with Crippen LogP contribution in [0.15, 0.2) is 30.3 Å². The smallest absolute Gasteiger partial charge is 0.748 e. The summed E-state index contributed by atoms with van der Waals surface area (Å²) >= 11 is 0. The molecule has 0 aliphatic rings. The van der Waals surface area contributed by atoms with E-state index in [1.165, 1.54) is 121 Å². The van der Waals surface area contributed by atoms with E-state index in [4.69, 9.17) is 0 Å². The fourth-order valence-electron chi connectivity index (χ4n) is 4.23. The Balaban J connectivity index is 0. The van der Waals surface area contributed by atoms with Gasteiger partial charge in [0.15, 0.2) is 0 Å². The van der Waals surface area contributed by atoms with E-state index in [1.54, 1.807) is 0 Å². The van der Waals surface area contributed by atoms with Crippen LogP contribution in [0.25, 0.3) is 0 Å². The van der Waals surface area contributed by atoms with E-state index < -0.39 is 10.1 Å². The van der Waals surface area contributed by atoms with Crippen molar-refractivity contribution in [2.45, 2.75) is 149 Å². The largest absolute Gasteiger partial charge is 1.00 e. The zero-order valence-electron chi connectivity index (χ0n) is 23.6. The van der Waals surface area contributed by atoms with Crippen LogP contribution in [-0.4, -0.2) is 18.7 Å². The number of aryl methyl sites for hydroxylation is 1. The maximum absolute atomic E-state index is 10.3. The predicted octanol–water partition coefficient (Wildman–Crippen LogP) is 6.61. The Morgan fingerprint density at radius 1 is 0.543 bits per heavy atom. The van der Waals surface area contributed by atoms with E-state index in [1.807, 2.05) is 0 Å². The Kier molecular flexibility index (Phi) is 30.6. The molecule has 0 bridgehead atoms. The molecule has 0 aliphatic carbocycles. The summed E-state index contributed by atoms with van der Waals surface area (Å²) in [5.74, 6) is -0.191. The van der Waals surface area contributed by atoms with E-state index in [-0.39, 0.29) is 35.3 Å². The first-order valence-electron chi connectivity index (χ1n) is 14.5. The molecule has 0 unspecified atom stereocenters. The van der Waals surface area contributed by atoms with Crippen LogP contribution < -0.4 is 29.6 Å². The van der Waals surface area contributed by atoms with Crippen molar-refractivity contribution in [3.8, 4) is 0 Å². The average molecular weight is 519 g/mol. The quantitative estimate of drug-likeness (QED) is 0.0986. The molecular formula is C30H55NaO3S. The second kappa shape index (κ2) is 28.7. The summed E-state index contributed by atoms with van der Waals surface area (Å²) in [6.07, 6.45) is 27.0. The average Bonchev–Trinajstić information content (AvgIpc) is 2.82. The first-order valence-corrected chi connectivity index (χ1v) is 16.0. The molecular weight excluding hydrogens is 463 g/mol. The van der Waals surface area contributed by atoms with E-state index in [2.05, 4.69) is 44.2 Å². The van der Waals surface area contributed by atoms with Crippen LogP contribution in [-0.2, 0) is 16.5 Å². The molecule has 0 aromatic heterocycles. The van der Waals surface area contributed by atoms with Gasteiger partial charge in [-0.2, -0.15) is 0 Å². The van der Waals surface area contributed by atoms with Gasteiger partial charge in [-0.05, 0) is 24.8 Å². The van der Waals surface area contributed by atoms with Crippen molar-refractivity contribution < 1.29 is 42.5 Å². The molecule has 0 radical (unpaired) electrons. The minimum absolute atomic E-state index is 0. The normalized spacial score (nSPS) is 10.9. The van der Waals surface area contributed by atoms with Gasteiger partial charge in [0.05, 0.1) is 10.1 Å². The van der Waals surface area contributed by atoms with Crippen molar-refractivity contribution >= 4 is 10.1 Å². The Bertz CT molecular complexity index is 620. The zero-order chi connectivity index (χ0) is 25.2. The predicted molar refractivity (Wildman–Crippen MR) is 148 cm³/mol. The van der Waals surface area contributed by atoms with E-state index >= 15 is 0 Å². The SMILES string of the molecule is CCCCCCCCCCCCS(=O)(=O)[O-].CCCCCCCCCCCCc1ccccc1.[Na+]. The van der Waals surface area contributed by atoms with E-state index in [0.717, 1.165) is 12.8 Å². The van der Waals surface area contributed by atoms with Crippen molar-refractivity contribution in [3.63, 3.8) is 0 Å². The van der Waals surface area contributed by atoms with Crippen molar-refractivity contribution in [2.75, 3.05) is 5.75 Å². The molecule has 1 aromatic rings. The van der Waals surface area contributed by atoms with Crippen molar-refractivity contribution in [2.24, 2.45) is 0 Å². The third-order valence-corrected chi connectivity index (χ3v) is 7.20. The van der Waals surface area contributed by atoms with Gasteiger partial charge in [-0.3, -0.25) is 0 Å². The molecule has 0 saturated heterocycles. The van der Waals surface area contributed by atoms with Crippen molar-refractivity contribution in [3.05, 3.63) is 35.9 Å². The minimum atomic E-state index is -3.98. The van der Waals surface area contributed by atoms with Crippen LogP contribution in [0.1, 0.15) is 148 Å². The molecule has 0 amide bonds. The Hall–Kier alpha value is 0.130. The van der Waals surface area contributed by atoms with E-state index in [9.17, 15) is 13.0 Å². The fourth-order valence-corrected chi connectivity index (χ4v) is 4.79. The minimum Gasteiger partial charge on any atom is -0.748 e.